The van der Waals surface area contributed by atoms with Gasteiger partial charge in [0.05, 0.1) is 0 Å². The van der Waals surface area contributed by atoms with Crippen LogP contribution in [-0.2, 0) is 10.8 Å². The van der Waals surface area contributed by atoms with Gasteiger partial charge in [0.1, 0.15) is 0 Å². The van der Waals surface area contributed by atoms with Crippen LogP contribution in [-0.4, -0.2) is 5.78 Å². The molecule has 0 N–H and O–H groups in total. The Bertz CT molecular complexity index is 586. The molecule has 0 saturated heterocycles. The Balaban J connectivity index is 2.81. The Kier molecular flexibility index (Phi) is 3.00. The van der Waals surface area contributed by atoms with Crippen LogP contribution in [0.3, 0.4) is 0 Å². The van der Waals surface area contributed by atoms with Crippen LogP contribution in [0.2, 0.25) is 0 Å². The largest absolute Gasteiger partial charge is 0.295 e. The lowest BCUT2D eigenvalue weighted by Crippen LogP contribution is -2.32. The zero-order valence-corrected chi connectivity index (χ0v) is 13.1. The monoisotopic (exact) mass is 256 g/mol. The Morgan fingerprint density at radius 3 is 2.11 bits per heavy atom. The highest BCUT2D eigenvalue weighted by molar-refractivity contribution is 5.96. The van der Waals surface area contributed by atoms with Crippen molar-refractivity contribution in [2.75, 3.05) is 0 Å². The molecule has 2 rings (SSSR count). The Morgan fingerprint density at radius 1 is 1.00 bits per heavy atom. The van der Waals surface area contributed by atoms with Crippen LogP contribution in [0.5, 0.6) is 0 Å². The zero-order valence-electron chi connectivity index (χ0n) is 13.1. The van der Waals surface area contributed by atoms with Crippen molar-refractivity contribution in [2.24, 2.45) is 0 Å². The smallest absolute Gasteiger partial charge is 0.160 e. The molecule has 1 nitrogen and oxygen atoms in total. The molecule has 1 aliphatic carbocycles. The Labute approximate surface area is 116 Å². The van der Waals surface area contributed by atoms with Gasteiger partial charge in [0.15, 0.2) is 5.78 Å². The van der Waals surface area contributed by atoms with Gasteiger partial charge in [0, 0.05) is 16.4 Å². The number of hydrogen-bond acceptors (Lipinski definition) is 1. The lowest BCUT2D eigenvalue weighted by molar-refractivity contribution is 0.101. The van der Waals surface area contributed by atoms with Crippen molar-refractivity contribution in [3.8, 4) is 0 Å². The molecule has 0 fully saturated rings. The predicted octanol–water partition coefficient (Wildman–Crippen LogP) is 4.71. The quantitative estimate of drug-likeness (QED) is 0.525. The molecule has 0 unspecified atom stereocenters. The topological polar surface area (TPSA) is 17.1 Å². The first-order valence-corrected chi connectivity index (χ1v) is 6.94. The average molecular weight is 256 g/mol. The molecule has 1 aliphatic rings. The number of allylic oxidation sites excluding steroid dienone is 2. The molecule has 0 aliphatic heterocycles. The molecule has 1 heteroatoms. The highest BCUT2D eigenvalue weighted by Gasteiger charge is 2.36. The molecular formula is C18H24O. The highest BCUT2D eigenvalue weighted by atomic mass is 16.1. The molecule has 0 bridgehead atoms. The van der Waals surface area contributed by atoms with Gasteiger partial charge in [-0.15, -0.1) is 0 Å². The lowest BCUT2D eigenvalue weighted by Gasteiger charge is -2.40. The second kappa shape index (κ2) is 4.06. The SMILES string of the molecule is CC(=O)c1cc2c(cc1C)C(C)(C)C(C)=CC2(C)C. The van der Waals surface area contributed by atoms with E-state index in [1.54, 1.807) is 6.92 Å². The number of ketones is 1. The number of fused-ring (bicyclic) bond motifs is 1. The fourth-order valence-electron chi connectivity index (χ4n) is 3.15. The summed E-state index contributed by atoms with van der Waals surface area (Å²) in [4.78, 5) is 11.8. The van der Waals surface area contributed by atoms with Crippen LogP contribution in [0.15, 0.2) is 23.8 Å². The van der Waals surface area contributed by atoms with E-state index in [-0.39, 0.29) is 16.6 Å². The van der Waals surface area contributed by atoms with Crippen molar-refractivity contribution >= 4 is 5.78 Å². The normalized spacial score (nSPS) is 19.6. The predicted molar refractivity (Wildman–Crippen MR) is 81.0 cm³/mol. The minimum Gasteiger partial charge on any atom is -0.295 e. The third-order valence-corrected chi connectivity index (χ3v) is 4.67. The molecular weight excluding hydrogens is 232 g/mol. The van der Waals surface area contributed by atoms with Crippen LogP contribution >= 0.6 is 0 Å². The fourth-order valence-corrected chi connectivity index (χ4v) is 3.15. The maximum atomic E-state index is 11.8. The maximum Gasteiger partial charge on any atom is 0.160 e. The molecule has 0 spiro atoms. The Hall–Kier alpha value is -1.37. The summed E-state index contributed by atoms with van der Waals surface area (Å²) in [5.41, 5.74) is 6.04. The lowest BCUT2D eigenvalue weighted by atomic mass is 9.63. The van der Waals surface area contributed by atoms with E-state index in [2.05, 4.69) is 52.8 Å². The van der Waals surface area contributed by atoms with E-state index in [0.29, 0.717) is 0 Å². The molecule has 0 heterocycles. The summed E-state index contributed by atoms with van der Waals surface area (Å²) in [6, 6.07) is 4.32. The van der Waals surface area contributed by atoms with Gasteiger partial charge >= 0.3 is 0 Å². The van der Waals surface area contributed by atoms with Crippen LogP contribution in [0.25, 0.3) is 0 Å². The van der Waals surface area contributed by atoms with E-state index in [1.165, 1.54) is 16.7 Å². The molecule has 0 amide bonds. The van der Waals surface area contributed by atoms with Crippen LogP contribution in [0.1, 0.15) is 68.6 Å². The minimum atomic E-state index is -0.00711. The molecule has 1 aromatic rings. The van der Waals surface area contributed by atoms with Crippen LogP contribution in [0, 0.1) is 6.92 Å². The average Bonchev–Trinajstić information content (AvgIpc) is 2.25. The van der Waals surface area contributed by atoms with E-state index < -0.39 is 0 Å². The molecule has 0 saturated carbocycles. The number of carbonyl (C=O) groups excluding carboxylic acids is 1. The van der Waals surface area contributed by atoms with Crippen molar-refractivity contribution in [2.45, 2.75) is 59.3 Å². The van der Waals surface area contributed by atoms with Crippen molar-refractivity contribution in [1.82, 2.24) is 0 Å². The summed E-state index contributed by atoms with van der Waals surface area (Å²) in [7, 11) is 0. The van der Waals surface area contributed by atoms with E-state index in [9.17, 15) is 4.79 Å². The van der Waals surface area contributed by atoms with Crippen LogP contribution < -0.4 is 0 Å². The first-order valence-electron chi connectivity index (χ1n) is 6.94. The summed E-state index contributed by atoms with van der Waals surface area (Å²) in [6.07, 6.45) is 2.34. The molecule has 0 radical (unpaired) electrons. The van der Waals surface area contributed by atoms with Gasteiger partial charge in [-0.2, -0.15) is 0 Å². The summed E-state index contributed by atoms with van der Waals surface area (Å²) in [5.74, 6) is 0.153. The standard InChI is InChI=1S/C18H24O/c1-11-8-16-15(9-14(11)13(3)19)17(4,5)10-12(2)18(16,6)7/h8-10H,1-7H3. The van der Waals surface area contributed by atoms with Gasteiger partial charge in [-0.05, 0) is 43.5 Å². The second-order valence-electron chi connectivity index (χ2n) is 6.94. The molecule has 0 aromatic heterocycles. The van der Waals surface area contributed by atoms with Crippen molar-refractivity contribution in [3.63, 3.8) is 0 Å². The van der Waals surface area contributed by atoms with Gasteiger partial charge in [-0.25, -0.2) is 0 Å². The summed E-state index contributed by atoms with van der Waals surface area (Å²) in [5, 5.41) is 0. The number of carbonyl (C=O) groups is 1. The number of benzene rings is 1. The molecule has 0 atom stereocenters. The van der Waals surface area contributed by atoms with E-state index in [4.69, 9.17) is 0 Å². The van der Waals surface area contributed by atoms with Gasteiger partial charge < -0.3 is 0 Å². The number of hydrogen-bond donors (Lipinski definition) is 0. The third kappa shape index (κ3) is 2.05. The van der Waals surface area contributed by atoms with Crippen molar-refractivity contribution in [1.29, 1.82) is 0 Å². The van der Waals surface area contributed by atoms with Gasteiger partial charge in [-0.3, -0.25) is 4.79 Å². The highest BCUT2D eigenvalue weighted by Crippen LogP contribution is 2.45. The molecule has 19 heavy (non-hydrogen) atoms. The van der Waals surface area contributed by atoms with E-state index in [0.717, 1.165) is 11.1 Å². The number of aryl methyl sites for hydroxylation is 1. The summed E-state index contributed by atoms with van der Waals surface area (Å²) >= 11 is 0. The minimum absolute atomic E-state index is 0.00711. The fraction of sp³-hybridized carbons (Fsp3) is 0.500. The maximum absolute atomic E-state index is 11.8. The number of Topliss-reactive ketones (excluding diaryl/α,β-unsaturated/α-hetero) is 1. The van der Waals surface area contributed by atoms with Crippen molar-refractivity contribution < 1.29 is 4.79 Å². The first-order chi connectivity index (χ1) is 8.57. The first kappa shape index (κ1) is 14.0. The summed E-state index contributed by atoms with van der Waals surface area (Å²) < 4.78 is 0. The Morgan fingerprint density at radius 2 is 1.58 bits per heavy atom. The number of rotatable bonds is 1. The van der Waals surface area contributed by atoms with Gasteiger partial charge in [-0.1, -0.05) is 45.4 Å². The van der Waals surface area contributed by atoms with Gasteiger partial charge in [0.25, 0.3) is 0 Å². The van der Waals surface area contributed by atoms with Crippen molar-refractivity contribution in [3.05, 3.63) is 46.0 Å². The summed E-state index contributed by atoms with van der Waals surface area (Å²) in [6.45, 7) is 14.9. The van der Waals surface area contributed by atoms with E-state index in [1.807, 2.05) is 6.92 Å². The molecule has 1 aromatic carbocycles. The second-order valence-corrected chi connectivity index (χ2v) is 6.94. The third-order valence-electron chi connectivity index (χ3n) is 4.67. The zero-order chi connectivity index (χ0) is 14.6. The van der Waals surface area contributed by atoms with E-state index >= 15 is 0 Å². The van der Waals surface area contributed by atoms with Gasteiger partial charge in [0.2, 0.25) is 0 Å². The van der Waals surface area contributed by atoms with Crippen LogP contribution in [0.4, 0.5) is 0 Å². The molecule has 102 valence electrons.